The van der Waals surface area contributed by atoms with Crippen LogP contribution in [0.25, 0.3) is 0 Å². The molecule has 1 rings (SSSR count). The lowest BCUT2D eigenvalue weighted by atomic mass is 9.76. The van der Waals surface area contributed by atoms with Gasteiger partial charge >= 0.3 is 0 Å². The lowest BCUT2D eigenvalue weighted by Gasteiger charge is -2.37. The van der Waals surface area contributed by atoms with Gasteiger partial charge in [0, 0.05) is 19.8 Å². The van der Waals surface area contributed by atoms with Crippen LogP contribution >= 0.6 is 0 Å². The van der Waals surface area contributed by atoms with Crippen LogP contribution in [0.5, 0.6) is 0 Å². The van der Waals surface area contributed by atoms with E-state index in [0.717, 1.165) is 19.8 Å². The van der Waals surface area contributed by atoms with Gasteiger partial charge in [0.25, 0.3) is 0 Å². The van der Waals surface area contributed by atoms with Crippen LogP contribution < -0.4 is 5.32 Å². The fourth-order valence-electron chi connectivity index (χ4n) is 3.17. The second kappa shape index (κ2) is 10.7. The third-order valence-corrected chi connectivity index (χ3v) is 4.61. The van der Waals surface area contributed by atoms with Crippen molar-refractivity contribution in [1.82, 2.24) is 5.32 Å². The van der Waals surface area contributed by atoms with Gasteiger partial charge in [-0.05, 0) is 31.2 Å². The van der Waals surface area contributed by atoms with Crippen LogP contribution in [0, 0.1) is 5.41 Å². The Morgan fingerprint density at radius 2 is 1.53 bits per heavy atom. The van der Waals surface area contributed by atoms with Crippen molar-refractivity contribution >= 4 is 0 Å². The van der Waals surface area contributed by atoms with E-state index in [1.54, 1.807) is 0 Å². The summed E-state index contributed by atoms with van der Waals surface area (Å²) < 4.78 is 5.55. The van der Waals surface area contributed by atoms with Gasteiger partial charge in [-0.2, -0.15) is 0 Å². The zero-order chi connectivity index (χ0) is 13.8. The van der Waals surface area contributed by atoms with Gasteiger partial charge in [0.1, 0.15) is 0 Å². The largest absolute Gasteiger partial charge is 0.381 e. The van der Waals surface area contributed by atoms with E-state index < -0.39 is 0 Å². The van der Waals surface area contributed by atoms with Crippen molar-refractivity contribution in [2.75, 3.05) is 26.3 Å². The zero-order valence-electron chi connectivity index (χ0n) is 13.3. The summed E-state index contributed by atoms with van der Waals surface area (Å²) in [6.07, 6.45) is 13.9. The topological polar surface area (TPSA) is 21.3 Å². The van der Waals surface area contributed by atoms with Gasteiger partial charge in [-0.25, -0.2) is 0 Å². The van der Waals surface area contributed by atoms with Crippen molar-refractivity contribution in [3.8, 4) is 0 Å². The molecule has 0 aromatic rings. The molecule has 0 radical (unpaired) electrons. The number of hydrogen-bond acceptors (Lipinski definition) is 2. The molecule has 1 aliphatic heterocycles. The van der Waals surface area contributed by atoms with Crippen molar-refractivity contribution in [2.45, 2.75) is 78.1 Å². The molecule has 0 aromatic heterocycles. The summed E-state index contributed by atoms with van der Waals surface area (Å²) in [6, 6.07) is 0. The van der Waals surface area contributed by atoms with Crippen LogP contribution in [0.1, 0.15) is 78.1 Å². The minimum atomic E-state index is 0.539. The van der Waals surface area contributed by atoms with E-state index in [9.17, 15) is 0 Å². The Morgan fingerprint density at radius 1 is 0.895 bits per heavy atom. The Morgan fingerprint density at radius 3 is 2.16 bits per heavy atom. The Balaban J connectivity index is 2.14. The average molecular weight is 269 g/mol. The first kappa shape index (κ1) is 17.0. The third kappa shape index (κ3) is 7.31. The first-order chi connectivity index (χ1) is 9.33. The summed E-state index contributed by atoms with van der Waals surface area (Å²) in [5.41, 5.74) is 0.539. The molecular formula is C17H35NO. The summed E-state index contributed by atoms with van der Waals surface area (Å²) in [5.74, 6) is 0. The standard InChI is InChI=1S/C17H35NO/c1-3-5-6-7-8-9-10-11-17(16-18-4-2)12-14-19-15-13-17/h18H,3-16H2,1-2H3. The van der Waals surface area contributed by atoms with E-state index in [2.05, 4.69) is 19.2 Å². The highest BCUT2D eigenvalue weighted by molar-refractivity contribution is 4.83. The maximum atomic E-state index is 5.55. The zero-order valence-corrected chi connectivity index (χ0v) is 13.3. The molecular weight excluding hydrogens is 234 g/mol. The molecule has 114 valence electrons. The Bertz CT molecular complexity index is 199. The molecule has 1 heterocycles. The molecule has 19 heavy (non-hydrogen) atoms. The van der Waals surface area contributed by atoms with Gasteiger partial charge < -0.3 is 10.1 Å². The summed E-state index contributed by atoms with van der Waals surface area (Å²) in [7, 11) is 0. The molecule has 0 unspecified atom stereocenters. The van der Waals surface area contributed by atoms with Crippen molar-refractivity contribution < 1.29 is 4.74 Å². The summed E-state index contributed by atoms with van der Waals surface area (Å²) in [6.45, 7) is 8.74. The van der Waals surface area contributed by atoms with Gasteiger partial charge in [-0.15, -0.1) is 0 Å². The van der Waals surface area contributed by atoms with Crippen LogP contribution in [-0.2, 0) is 4.74 Å². The Kier molecular flexibility index (Phi) is 9.54. The molecule has 1 N–H and O–H groups in total. The molecule has 1 fully saturated rings. The molecule has 0 saturated carbocycles. The summed E-state index contributed by atoms with van der Waals surface area (Å²) in [5, 5.41) is 3.57. The molecule has 0 aromatic carbocycles. The maximum absolute atomic E-state index is 5.55. The van der Waals surface area contributed by atoms with Gasteiger partial charge in [0.15, 0.2) is 0 Å². The molecule has 0 spiro atoms. The Labute approximate surface area is 120 Å². The number of ether oxygens (including phenoxy) is 1. The van der Waals surface area contributed by atoms with Crippen molar-refractivity contribution in [2.24, 2.45) is 5.41 Å². The first-order valence-corrected chi connectivity index (χ1v) is 8.61. The molecule has 0 bridgehead atoms. The molecule has 1 aliphatic rings. The predicted octanol–water partition coefficient (Wildman–Crippen LogP) is 4.53. The number of unbranched alkanes of at least 4 members (excludes halogenated alkanes) is 6. The minimum absolute atomic E-state index is 0.539. The van der Waals surface area contributed by atoms with E-state index in [1.807, 2.05) is 0 Å². The van der Waals surface area contributed by atoms with Gasteiger partial charge in [-0.3, -0.25) is 0 Å². The molecule has 2 heteroatoms. The van der Waals surface area contributed by atoms with E-state index in [1.165, 1.54) is 70.8 Å². The van der Waals surface area contributed by atoms with Crippen LogP contribution in [0.4, 0.5) is 0 Å². The first-order valence-electron chi connectivity index (χ1n) is 8.61. The molecule has 2 nitrogen and oxygen atoms in total. The number of nitrogens with one attached hydrogen (secondary N) is 1. The van der Waals surface area contributed by atoms with Crippen molar-refractivity contribution in [3.63, 3.8) is 0 Å². The molecule has 1 saturated heterocycles. The SMILES string of the molecule is CCCCCCCCCC1(CNCC)CCOCC1. The van der Waals surface area contributed by atoms with Gasteiger partial charge in [0.2, 0.25) is 0 Å². The number of rotatable bonds is 11. The van der Waals surface area contributed by atoms with Crippen LogP contribution in [0.15, 0.2) is 0 Å². The fraction of sp³-hybridized carbons (Fsp3) is 1.00. The van der Waals surface area contributed by atoms with E-state index in [0.29, 0.717) is 5.41 Å². The fourth-order valence-corrected chi connectivity index (χ4v) is 3.17. The number of hydrogen-bond donors (Lipinski definition) is 1. The highest BCUT2D eigenvalue weighted by Crippen LogP contribution is 2.35. The average Bonchev–Trinajstić information content (AvgIpc) is 2.45. The molecule has 0 amide bonds. The van der Waals surface area contributed by atoms with Crippen molar-refractivity contribution in [1.29, 1.82) is 0 Å². The van der Waals surface area contributed by atoms with Gasteiger partial charge in [-0.1, -0.05) is 58.8 Å². The lowest BCUT2D eigenvalue weighted by Crippen LogP contribution is -2.39. The summed E-state index contributed by atoms with van der Waals surface area (Å²) in [4.78, 5) is 0. The maximum Gasteiger partial charge on any atom is 0.0471 e. The van der Waals surface area contributed by atoms with Crippen molar-refractivity contribution in [3.05, 3.63) is 0 Å². The quantitative estimate of drug-likeness (QED) is 0.556. The van der Waals surface area contributed by atoms with E-state index in [4.69, 9.17) is 4.74 Å². The van der Waals surface area contributed by atoms with Crippen LogP contribution in [0.3, 0.4) is 0 Å². The van der Waals surface area contributed by atoms with Crippen LogP contribution in [0.2, 0.25) is 0 Å². The smallest absolute Gasteiger partial charge is 0.0471 e. The second-order valence-electron chi connectivity index (χ2n) is 6.26. The van der Waals surface area contributed by atoms with Gasteiger partial charge in [0.05, 0.1) is 0 Å². The highest BCUT2D eigenvalue weighted by Gasteiger charge is 2.31. The summed E-state index contributed by atoms with van der Waals surface area (Å²) >= 11 is 0. The Hall–Kier alpha value is -0.0800. The minimum Gasteiger partial charge on any atom is -0.381 e. The van der Waals surface area contributed by atoms with E-state index in [-0.39, 0.29) is 0 Å². The predicted molar refractivity (Wildman–Crippen MR) is 83.6 cm³/mol. The molecule has 0 aliphatic carbocycles. The second-order valence-corrected chi connectivity index (χ2v) is 6.26. The monoisotopic (exact) mass is 269 g/mol. The van der Waals surface area contributed by atoms with E-state index >= 15 is 0 Å². The lowest BCUT2D eigenvalue weighted by molar-refractivity contribution is 0.00938. The highest BCUT2D eigenvalue weighted by atomic mass is 16.5. The normalized spacial score (nSPS) is 18.6. The molecule has 0 atom stereocenters. The third-order valence-electron chi connectivity index (χ3n) is 4.61. The van der Waals surface area contributed by atoms with Crippen LogP contribution in [-0.4, -0.2) is 26.3 Å².